The number of halogens is 1. The van der Waals surface area contributed by atoms with Crippen molar-refractivity contribution in [1.29, 1.82) is 0 Å². The van der Waals surface area contributed by atoms with E-state index in [0.29, 0.717) is 11.3 Å². The second kappa shape index (κ2) is 10.2. The summed E-state index contributed by atoms with van der Waals surface area (Å²) in [6.07, 6.45) is 8.51. The lowest BCUT2D eigenvalue weighted by Crippen LogP contribution is -2.31. The number of nitrogens with zero attached hydrogens (tertiary/aromatic N) is 2. The smallest absolute Gasteiger partial charge is 0.251 e. The van der Waals surface area contributed by atoms with E-state index in [1.54, 1.807) is 6.07 Å². The highest BCUT2D eigenvalue weighted by Crippen LogP contribution is 2.40. The molecule has 6 heteroatoms. The molecule has 2 aliphatic rings. The van der Waals surface area contributed by atoms with Gasteiger partial charge in [0.15, 0.2) is 0 Å². The second-order valence-electron chi connectivity index (χ2n) is 10.00. The molecular weight excluding hydrogens is 453 g/mol. The summed E-state index contributed by atoms with van der Waals surface area (Å²) in [5.74, 6) is -0.618. The van der Waals surface area contributed by atoms with E-state index in [2.05, 4.69) is 52.7 Å². The van der Waals surface area contributed by atoms with Gasteiger partial charge in [0.1, 0.15) is 11.4 Å². The van der Waals surface area contributed by atoms with Gasteiger partial charge in [0.05, 0.1) is 23.6 Å². The number of carbonyl (C=O) groups is 1. The molecule has 2 aromatic carbocycles. The first-order valence-corrected chi connectivity index (χ1v) is 12.9. The maximum Gasteiger partial charge on any atom is 0.251 e. The van der Waals surface area contributed by atoms with E-state index in [1.807, 2.05) is 19.1 Å². The zero-order valence-corrected chi connectivity index (χ0v) is 20.9. The van der Waals surface area contributed by atoms with Gasteiger partial charge in [-0.25, -0.2) is 4.39 Å². The van der Waals surface area contributed by atoms with Crippen LogP contribution in [0.2, 0.25) is 0 Å². The van der Waals surface area contributed by atoms with Gasteiger partial charge in [-0.1, -0.05) is 42.8 Å². The number of hydrogen-bond donors (Lipinski definition) is 1. The van der Waals surface area contributed by atoms with Crippen molar-refractivity contribution in [3.8, 4) is 11.1 Å². The fourth-order valence-corrected chi connectivity index (χ4v) is 5.16. The molecule has 1 N–H and O–H groups in total. The van der Waals surface area contributed by atoms with Crippen LogP contribution in [0.5, 0.6) is 0 Å². The van der Waals surface area contributed by atoms with Gasteiger partial charge in [0.25, 0.3) is 5.91 Å². The van der Waals surface area contributed by atoms with Crippen LogP contribution in [0.15, 0.2) is 65.9 Å². The fourth-order valence-electron chi connectivity index (χ4n) is 5.16. The van der Waals surface area contributed by atoms with Gasteiger partial charge < -0.3 is 10.2 Å². The van der Waals surface area contributed by atoms with E-state index in [0.717, 1.165) is 67.1 Å². The Morgan fingerprint density at radius 3 is 2.47 bits per heavy atom. The quantitative estimate of drug-likeness (QED) is 0.419. The number of aromatic nitrogens is 1. The Balaban J connectivity index is 1.45. The van der Waals surface area contributed by atoms with Gasteiger partial charge in [-0.3, -0.25) is 9.78 Å². The lowest BCUT2D eigenvalue weighted by Gasteiger charge is -2.30. The summed E-state index contributed by atoms with van der Waals surface area (Å²) in [7, 11) is 0. The molecule has 1 aromatic heterocycles. The Bertz CT molecular complexity index is 1260. The van der Waals surface area contributed by atoms with Crippen molar-refractivity contribution < 1.29 is 14.0 Å². The number of aryl methyl sites for hydroxylation is 1. The maximum atomic E-state index is 13.4. The van der Waals surface area contributed by atoms with E-state index >= 15 is 0 Å². The van der Waals surface area contributed by atoms with Gasteiger partial charge in [-0.05, 0) is 86.1 Å². The highest BCUT2D eigenvalue weighted by Gasteiger charge is 2.40. The first-order valence-electron chi connectivity index (χ1n) is 12.9. The van der Waals surface area contributed by atoms with E-state index in [4.69, 9.17) is 4.84 Å². The third kappa shape index (κ3) is 5.18. The third-order valence-corrected chi connectivity index (χ3v) is 7.37. The molecule has 0 bridgehead atoms. The number of carbonyl (C=O) groups excluding carboxylic acids is 1. The van der Waals surface area contributed by atoms with Crippen LogP contribution in [0.3, 0.4) is 0 Å². The topological polar surface area (TPSA) is 63.6 Å². The van der Waals surface area contributed by atoms with Gasteiger partial charge in [0, 0.05) is 17.5 Å². The largest absolute Gasteiger partial charge is 0.389 e. The van der Waals surface area contributed by atoms with Crippen molar-refractivity contribution >= 4 is 11.6 Å². The highest BCUT2D eigenvalue weighted by molar-refractivity contribution is 6.05. The number of benzene rings is 2. The third-order valence-electron chi connectivity index (χ3n) is 7.37. The van der Waals surface area contributed by atoms with E-state index in [9.17, 15) is 9.18 Å². The fraction of sp³-hybridized carbons (Fsp3) is 0.367. The minimum Gasteiger partial charge on any atom is -0.389 e. The van der Waals surface area contributed by atoms with Gasteiger partial charge in [-0.15, -0.1) is 0 Å². The molecule has 0 radical (unpaired) electrons. The summed E-state index contributed by atoms with van der Waals surface area (Å²) in [5.41, 5.74) is 6.02. The van der Waals surface area contributed by atoms with Crippen LogP contribution in [0, 0.1) is 5.82 Å². The van der Waals surface area contributed by atoms with Crippen molar-refractivity contribution in [1.82, 2.24) is 10.3 Å². The number of oxime groups is 1. The predicted molar refractivity (Wildman–Crippen MR) is 139 cm³/mol. The van der Waals surface area contributed by atoms with Crippen molar-refractivity contribution in [3.05, 3.63) is 89.0 Å². The first kappa shape index (κ1) is 24.2. The molecule has 2 heterocycles. The summed E-state index contributed by atoms with van der Waals surface area (Å²) in [4.78, 5) is 23.5. The monoisotopic (exact) mass is 485 g/mol. The van der Waals surface area contributed by atoms with Crippen LogP contribution in [0.25, 0.3) is 11.1 Å². The Kier molecular flexibility index (Phi) is 6.86. The summed E-state index contributed by atoms with van der Waals surface area (Å²) >= 11 is 0. The molecular formula is C30H32FN3O2. The van der Waals surface area contributed by atoms with E-state index in [1.165, 1.54) is 18.1 Å². The molecule has 1 saturated carbocycles. The Morgan fingerprint density at radius 1 is 1.03 bits per heavy atom. The molecule has 5 nitrogen and oxygen atoms in total. The second-order valence-corrected chi connectivity index (χ2v) is 10.00. The van der Waals surface area contributed by atoms with Gasteiger partial charge in [0.2, 0.25) is 0 Å². The molecule has 3 aromatic rings. The van der Waals surface area contributed by atoms with Crippen LogP contribution >= 0.6 is 0 Å². The standard InChI is InChI=1S/C30H32FN3O2/c1-3-21-7-9-22(10-8-21)23-15-24(28-18-30(36-34-28)13-5-4-6-14-30)17-25(16-23)29(35)33-20(2)27-12-11-26(31)19-32-27/h7-12,15-17,19-20H,3-6,13-14,18H2,1-2H3,(H,33,35)/t20-/m1/s1. The van der Waals surface area contributed by atoms with Crippen LogP contribution in [-0.4, -0.2) is 22.2 Å². The average molecular weight is 486 g/mol. The van der Waals surface area contributed by atoms with Gasteiger partial charge in [-0.2, -0.15) is 0 Å². The average Bonchev–Trinajstić information content (AvgIpc) is 3.32. The van der Waals surface area contributed by atoms with Crippen LogP contribution < -0.4 is 5.32 Å². The first-order chi connectivity index (χ1) is 17.4. The van der Waals surface area contributed by atoms with Crippen LogP contribution in [-0.2, 0) is 11.3 Å². The minimum atomic E-state index is -0.404. The molecule has 1 fully saturated rings. The van der Waals surface area contributed by atoms with Crippen molar-refractivity contribution in [2.45, 2.75) is 70.4 Å². The number of amides is 1. The molecule has 0 unspecified atom stereocenters. The number of nitrogens with one attached hydrogen (secondary N) is 1. The number of pyridine rings is 1. The Labute approximate surface area is 211 Å². The minimum absolute atomic E-state index is 0.197. The molecule has 1 atom stereocenters. The molecule has 1 aliphatic carbocycles. The molecule has 1 amide bonds. The van der Waals surface area contributed by atoms with Crippen molar-refractivity contribution in [2.24, 2.45) is 5.16 Å². The molecule has 5 rings (SSSR count). The van der Waals surface area contributed by atoms with Crippen molar-refractivity contribution in [2.75, 3.05) is 0 Å². The molecule has 186 valence electrons. The zero-order valence-electron chi connectivity index (χ0n) is 20.9. The lowest BCUT2D eigenvalue weighted by molar-refractivity contribution is -0.0449. The molecule has 1 spiro atoms. The molecule has 1 aliphatic heterocycles. The van der Waals surface area contributed by atoms with Crippen LogP contribution in [0.1, 0.15) is 85.6 Å². The zero-order chi connectivity index (χ0) is 25.1. The molecule has 36 heavy (non-hydrogen) atoms. The Hall–Kier alpha value is -3.54. The predicted octanol–water partition coefficient (Wildman–Crippen LogP) is 6.77. The summed E-state index contributed by atoms with van der Waals surface area (Å²) in [6, 6.07) is 16.9. The van der Waals surface area contributed by atoms with E-state index in [-0.39, 0.29) is 17.6 Å². The van der Waals surface area contributed by atoms with Crippen LogP contribution in [0.4, 0.5) is 4.39 Å². The normalized spacial score (nSPS) is 17.4. The summed E-state index contributed by atoms with van der Waals surface area (Å²) < 4.78 is 13.3. The highest BCUT2D eigenvalue weighted by atomic mass is 19.1. The number of hydrogen-bond acceptors (Lipinski definition) is 4. The van der Waals surface area contributed by atoms with Crippen molar-refractivity contribution in [3.63, 3.8) is 0 Å². The Morgan fingerprint density at radius 2 is 1.78 bits per heavy atom. The number of rotatable bonds is 6. The summed E-state index contributed by atoms with van der Waals surface area (Å²) in [5, 5.41) is 7.51. The molecule has 0 saturated heterocycles. The SMILES string of the molecule is CCc1ccc(-c2cc(C(=O)N[C@H](C)c3ccc(F)cn3)cc(C3=NOC4(CCCCC4)C3)c2)cc1. The maximum absolute atomic E-state index is 13.4. The lowest BCUT2D eigenvalue weighted by atomic mass is 9.80. The van der Waals surface area contributed by atoms with E-state index < -0.39 is 5.82 Å². The summed E-state index contributed by atoms with van der Waals surface area (Å²) in [6.45, 7) is 3.97. The van der Waals surface area contributed by atoms with Gasteiger partial charge >= 0.3 is 0 Å².